The third-order valence-corrected chi connectivity index (χ3v) is 1.88. The number of hydrogen-bond donors (Lipinski definition) is 2. The predicted molar refractivity (Wildman–Crippen MR) is 54.1 cm³/mol. The monoisotopic (exact) mass is 238 g/mol. The molecule has 0 aromatic heterocycles. The molecule has 0 fully saturated rings. The van der Waals surface area contributed by atoms with E-state index in [0.717, 1.165) is 0 Å². The lowest BCUT2D eigenvalue weighted by Crippen LogP contribution is -1.87. The van der Waals surface area contributed by atoms with Crippen molar-refractivity contribution in [1.82, 2.24) is 0 Å². The number of benzene rings is 1. The molecule has 0 spiro atoms. The van der Waals surface area contributed by atoms with Crippen molar-refractivity contribution in [3.05, 3.63) is 34.1 Å². The minimum Gasteiger partial charge on any atom is -0.320 e. The average Bonchev–Trinajstić information content (AvgIpc) is 2.16. The van der Waals surface area contributed by atoms with E-state index in [4.69, 9.17) is 22.1 Å². The Balaban J connectivity index is 0. The van der Waals surface area contributed by atoms with Gasteiger partial charge in [0.2, 0.25) is 0 Å². The summed E-state index contributed by atoms with van der Waals surface area (Å²) in [5.74, 6) is 2.93. The van der Waals surface area contributed by atoms with E-state index >= 15 is 0 Å². The zero-order valence-electron chi connectivity index (χ0n) is 7.29. The van der Waals surface area contributed by atoms with Gasteiger partial charge in [0.05, 0.1) is 5.02 Å². The van der Waals surface area contributed by atoms with E-state index in [1.54, 1.807) is 19.1 Å². The zero-order valence-corrected chi connectivity index (χ0v) is 8.86. The molecule has 6 heteroatoms. The van der Waals surface area contributed by atoms with Crippen LogP contribution in [-0.4, -0.2) is 5.21 Å². The smallest absolute Gasteiger partial charge is 0.142 e. The lowest BCUT2D eigenvalue weighted by Gasteiger charge is -1.99. The molecule has 0 unspecified atom stereocenters. The Hall–Kier alpha value is -0.860. The first kappa shape index (κ1) is 15.6. The number of aryl methyl sites for hydroxylation is 1. The van der Waals surface area contributed by atoms with Crippen molar-refractivity contribution in [1.29, 1.82) is 5.26 Å². The van der Waals surface area contributed by atoms with Crippen LogP contribution < -0.4 is 5.90 Å². The largest absolute Gasteiger partial charge is 0.320 e. The molecule has 0 saturated heterocycles. The van der Waals surface area contributed by atoms with Crippen molar-refractivity contribution < 1.29 is 9.60 Å². The maximum absolute atomic E-state index is 12.7. The summed E-state index contributed by atoms with van der Waals surface area (Å²) in [5, 5.41) is 15.2. The first-order valence-electron chi connectivity index (χ1n) is 3.27. The SMILES string of the molecule is Cc1ccc(F)c(C#N)c1Cl.Cl.NO. The van der Waals surface area contributed by atoms with Gasteiger partial charge in [-0.15, -0.1) is 12.4 Å². The summed E-state index contributed by atoms with van der Waals surface area (Å²) < 4.78 is 12.7. The second-order valence-corrected chi connectivity index (χ2v) is 2.54. The predicted octanol–water partition coefficient (Wildman–Crippen LogP) is 2.42. The maximum atomic E-state index is 12.7. The molecule has 0 aliphatic heterocycles. The summed E-state index contributed by atoms with van der Waals surface area (Å²) in [6, 6.07) is 4.47. The lowest BCUT2D eigenvalue weighted by atomic mass is 10.1. The molecule has 3 N–H and O–H groups in total. The molecule has 0 bridgehead atoms. The van der Waals surface area contributed by atoms with Crippen molar-refractivity contribution in [2.24, 2.45) is 5.90 Å². The third-order valence-electron chi connectivity index (χ3n) is 1.40. The van der Waals surface area contributed by atoms with Crippen molar-refractivity contribution in [2.75, 3.05) is 0 Å². The highest BCUT2D eigenvalue weighted by atomic mass is 35.5. The molecule has 0 heterocycles. The number of nitriles is 1. The van der Waals surface area contributed by atoms with Gasteiger partial charge < -0.3 is 5.21 Å². The number of rotatable bonds is 0. The molecular weight excluding hydrogens is 230 g/mol. The molecule has 0 radical (unpaired) electrons. The van der Waals surface area contributed by atoms with E-state index in [1.807, 2.05) is 0 Å². The molecule has 0 atom stereocenters. The Morgan fingerprint density at radius 1 is 1.50 bits per heavy atom. The zero-order chi connectivity index (χ0) is 10.4. The molecule has 1 aromatic rings. The van der Waals surface area contributed by atoms with Crippen LogP contribution in [0.15, 0.2) is 12.1 Å². The van der Waals surface area contributed by atoms with Crippen LogP contribution in [0.2, 0.25) is 5.02 Å². The normalized spacial score (nSPS) is 7.71. The highest BCUT2D eigenvalue weighted by Crippen LogP contribution is 2.21. The summed E-state index contributed by atoms with van der Waals surface area (Å²) in [7, 11) is 0. The van der Waals surface area contributed by atoms with Crippen molar-refractivity contribution in [3.8, 4) is 6.07 Å². The fourth-order valence-corrected chi connectivity index (χ4v) is 0.955. The summed E-state index contributed by atoms with van der Waals surface area (Å²) in [6.45, 7) is 1.72. The Bertz CT molecular complexity index is 339. The molecular formula is C8H9Cl2FN2O. The molecule has 1 rings (SSSR count). The van der Waals surface area contributed by atoms with Crippen LogP contribution in [0, 0.1) is 24.1 Å². The lowest BCUT2D eigenvalue weighted by molar-refractivity contribution is 0.311. The van der Waals surface area contributed by atoms with Gasteiger partial charge in [-0.2, -0.15) is 5.26 Å². The number of hydrogen-bond acceptors (Lipinski definition) is 3. The topological polar surface area (TPSA) is 70.0 Å². The van der Waals surface area contributed by atoms with Crippen molar-refractivity contribution in [2.45, 2.75) is 6.92 Å². The van der Waals surface area contributed by atoms with Gasteiger partial charge in [-0.25, -0.2) is 10.3 Å². The third kappa shape index (κ3) is 3.48. The van der Waals surface area contributed by atoms with Crippen LogP contribution >= 0.6 is 24.0 Å². The Morgan fingerprint density at radius 2 is 2.00 bits per heavy atom. The quantitative estimate of drug-likeness (QED) is 0.683. The van der Waals surface area contributed by atoms with Crippen LogP contribution in [0.4, 0.5) is 4.39 Å². The van der Waals surface area contributed by atoms with E-state index in [1.165, 1.54) is 6.07 Å². The van der Waals surface area contributed by atoms with Gasteiger partial charge in [0.15, 0.2) is 0 Å². The van der Waals surface area contributed by atoms with Crippen LogP contribution in [0.1, 0.15) is 11.1 Å². The van der Waals surface area contributed by atoms with E-state index in [2.05, 4.69) is 5.90 Å². The van der Waals surface area contributed by atoms with E-state index in [0.29, 0.717) is 5.56 Å². The Kier molecular flexibility index (Phi) is 8.40. The molecule has 0 aliphatic carbocycles. The highest BCUT2D eigenvalue weighted by Gasteiger charge is 2.07. The number of nitrogens with two attached hydrogens (primary N) is 1. The molecule has 14 heavy (non-hydrogen) atoms. The van der Waals surface area contributed by atoms with Crippen LogP contribution in [-0.2, 0) is 0 Å². The second-order valence-electron chi connectivity index (χ2n) is 2.17. The molecule has 3 nitrogen and oxygen atoms in total. The van der Waals surface area contributed by atoms with Gasteiger partial charge >= 0.3 is 0 Å². The Labute approximate surface area is 92.3 Å². The Morgan fingerprint density at radius 3 is 2.36 bits per heavy atom. The molecule has 78 valence electrons. The number of nitrogens with zero attached hydrogens (tertiary/aromatic N) is 1. The van der Waals surface area contributed by atoms with E-state index < -0.39 is 5.82 Å². The van der Waals surface area contributed by atoms with Gasteiger partial charge in [-0.1, -0.05) is 17.7 Å². The van der Waals surface area contributed by atoms with Crippen LogP contribution in [0.3, 0.4) is 0 Å². The molecule has 0 saturated carbocycles. The molecule has 1 aromatic carbocycles. The summed E-state index contributed by atoms with van der Waals surface area (Å²) in [5.41, 5.74) is 0.635. The average molecular weight is 239 g/mol. The summed E-state index contributed by atoms with van der Waals surface area (Å²) >= 11 is 5.64. The summed E-state index contributed by atoms with van der Waals surface area (Å²) in [4.78, 5) is 0. The fraction of sp³-hybridized carbons (Fsp3) is 0.125. The van der Waals surface area contributed by atoms with Crippen molar-refractivity contribution in [3.63, 3.8) is 0 Å². The first-order valence-corrected chi connectivity index (χ1v) is 3.65. The summed E-state index contributed by atoms with van der Waals surface area (Å²) in [6.07, 6.45) is 0. The van der Waals surface area contributed by atoms with Gasteiger partial charge in [-0.05, 0) is 18.6 Å². The minimum absolute atomic E-state index is 0. The highest BCUT2D eigenvalue weighted by molar-refractivity contribution is 6.32. The maximum Gasteiger partial charge on any atom is 0.142 e. The second kappa shape index (κ2) is 7.54. The molecule has 0 amide bonds. The van der Waals surface area contributed by atoms with Gasteiger partial charge in [0.1, 0.15) is 17.4 Å². The van der Waals surface area contributed by atoms with Gasteiger partial charge in [-0.3, -0.25) is 0 Å². The van der Waals surface area contributed by atoms with E-state index in [9.17, 15) is 4.39 Å². The molecule has 0 aliphatic rings. The van der Waals surface area contributed by atoms with Crippen LogP contribution in [0.25, 0.3) is 0 Å². The van der Waals surface area contributed by atoms with Crippen LogP contribution in [0.5, 0.6) is 0 Å². The first-order chi connectivity index (χ1) is 6.16. The minimum atomic E-state index is -0.567. The van der Waals surface area contributed by atoms with Crippen molar-refractivity contribution >= 4 is 24.0 Å². The van der Waals surface area contributed by atoms with Gasteiger partial charge in [0.25, 0.3) is 0 Å². The van der Waals surface area contributed by atoms with Gasteiger partial charge in [0, 0.05) is 0 Å². The standard InChI is InChI=1S/C8H5ClFN.ClH.H3NO/c1-5-2-3-7(10)6(4-11)8(5)9;;1-2/h2-3H,1H3;1H;2H,1H2. The fourth-order valence-electron chi connectivity index (χ4n) is 0.759. The van der Waals surface area contributed by atoms with E-state index in [-0.39, 0.29) is 23.0 Å². The number of halogens is 3.